The average molecular weight is 386 g/mol. The summed E-state index contributed by atoms with van der Waals surface area (Å²) in [5, 5.41) is 0. The second-order valence-electron chi connectivity index (χ2n) is 8.61. The zero-order chi connectivity index (χ0) is 21.0. The van der Waals surface area contributed by atoms with Gasteiger partial charge in [0.25, 0.3) is 0 Å². The Morgan fingerprint density at radius 1 is 0.643 bits per heavy atom. The predicted molar refractivity (Wildman–Crippen MR) is 99.2 cm³/mol. The summed E-state index contributed by atoms with van der Waals surface area (Å²) in [5.41, 5.74) is -2.62. The van der Waals surface area contributed by atoms with Gasteiger partial charge in [-0.15, -0.1) is 0 Å². The fraction of sp³-hybridized carbons (Fsp3) is 0.636. The van der Waals surface area contributed by atoms with Gasteiger partial charge in [-0.05, 0) is 53.4 Å². The molecule has 0 aromatic heterocycles. The van der Waals surface area contributed by atoms with Crippen molar-refractivity contribution in [2.24, 2.45) is 34.5 Å². The third-order valence-corrected chi connectivity index (χ3v) is 7.31. The molecule has 6 nitrogen and oxygen atoms in total. The number of hydrogen-bond acceptors (Lipinski definition) is 6. The highest BCUT2D eigenvalue weighted by molar-refractivity contribution is 6.22. The normalized spacial score (nSPS) is 39.7. The molecule has 0 bridgehead atoms. The van der Waals surface area contributed by atoms with Gasteiger partial charge in [-0.3, -0.25) is 28.8 Å². The lowest BCUT2D eigenvalue weighted by Crippen LogP contribution is -2.51. The van der Waals surface area contributed by atoms with Gasteiger partial charge in [0.2, 0.25) is 0 Å². The van der Waals surface area contributed by atoms with E-state index in [1.165, 1.54) is 27.7 Å². The van der Waals surface area contributed by atoms with Crippen molar-refractivity contribution < 1.29 is 28.8 Å². The van der Waals surface area contributed by atoms with E-state index in [9.17, 15) is 28.8 Å². The Balaban J connectivity index is 2.49. The second kappa shape index (κ2) is 6.68. The first-order valence-corrected chi connectivity index (χ1v) is 9.80. The van der Waals surface area contributed by atoms with Crippen molar-refractivity contribution in [2.45, 2.75) is 53.4 Å². The number of allylic oxidation sites excluding steroid dienone is 2. The van der Waals surface area contributed by atoms with Gasteiger partial charge in [0.1, 0.15) is 23.1 Å². The van der Waals surface area contributed by atoms with Crippen LogP contribution in [0.3, 0.4) is 0 Å². The van der Waals surface area contributed by atoms with E-state index in [0.29, 0.717) is 12.8 Å². The van der Waals surface area contributed by atoms with Gasteiger partial charge < -0.3 is 0 Å². The van der Waals surface area contributed by atoms with Crippen LogP contribution < -0.4 is 0 Å². The minimum Gasteiger partial charge on any atom is -0.299 e. The SMILES string of the molecule is CC(=O)[C@@H]1C(=O)[C@H](C(C)=O)C23CCC=CCCC12[C@H](C(C)=O)C(=O)[C@@H]3C(C)=O. The number of carbonyl (C=O) groups excluding carboxylic acids is 6. The van der Waals surface area contributed by atoms with E-state index in [4.69, 9.17) is 0 Å². The molecule has 0 unspecified atom stereocenters. The van der Waals surface area contributed by atoms with Gasteiger partial charge in [0.05, 0.1) is 23.7 Å². The molecule has 0 aromatic carbocycles. The molecule has 2 saturated carbocycles. The van der Waals surface area contributed by atoms with Crippen molar-refractivity contribution >= 4 is 34.7 Å². The molecule has 0 aromatic rings. The molecule has 0 amide bonds. The molecule has 0 N–H and O–H groups in total. The van der Waals surface area contributed by atoms with Crippen LogP contribution in [-0.2, 0) is 28.8 Å². The Hall–Kier alpha value is -2.24. The van der Waals surface area contributed by atoms with Crippen LogP contribution in [0, 0.1) is 34.5 Å². The van der Waals surface area contributed by atoms with Crippen LogP contribution in [0.2, 0.25) is 0 Å². The molecule has 150 valence electrons. The van der Waals surface area contributed by atoms with Crippen molar-refractivity contribution in [3.05, 3.63) is 12.2 Å². The lowest BCUT2D eigenvalue weighted by molar-refractivity contribution is -0.143. The highest BCUT2D eigenvalue weighted by Crippen LogP contribution is 2.74. The Morgan fingerprint density at radius 2 is 0.893 bits per heavy atom. The summed E-state index contributed by atoms with van der Waals surface area (Å²) in [7, 11) is 0. The maximum Gasteiger partial charge on any atom is 0.154 e. The van der Waals surface area contributed by atoms with Crippen molar-refractivity contribution in [1.29, 1.82) is 0 Å². The average Bonchev–Trinajstić information content (AvgIpc) is 2.85. The summed E-state index contributed by atoms with van der Waals surface area (Å²) in [4.78, 5) is 77.7. The summed E-state index contributed by atoms with van der Waals surface area (Å²) in [6, 6.07) is 0. The topological polar surface area (TPSA) is 102 Å². The summed E-state index contributed by atoms with van der Waals surface area (Å²) in [6.07, 6.45) is 5.30. The molecule has 28 heavy (non-hydrogen) atoms. The van der Waals surface area contributed by atoms with E-state index >= 15 is 0 Å². The van der Waals surface area contributed by atoms with E-state index < -0.39 is 69.2 Å². The zero-order valence-corrected chi connectivity index (χ0v) is 16.7. The molecule has 6 heteroatoms. The third kappa shape index (κ3) is 2.26. The third-order valence-electron chi connectivity index (χ3n) is 7.31. The molecule has 0 aliphatic heterocycles. The number of carbonyl (C=O) groups is 6. The molecular weight excluding hydrogens is 360 g/mol. The molecule has 3 aliphatic rings. The summed E-state index contributed by atoms with van der Waals surface area (Å²) < 4.78 is 0. The van der Waals surface area contributed by atoms with Gasteiger partial charge in [0, 0.05) is 10.8 Å². The summed E-state index contributed by atoms with van der Waals surface area (Å²) in [6.45, 7) is 5.12. The van der Waals surface area contributed by atoms with Crippen LogP contribution in [0.25, 0.3) is 0 Å². The van der Waals surface area contributed by atoms with Crippen molar-refractivity contribution in [3.8, 4) is 0 Å². The number of ketones is 6. The molecule has 3 aliphatic carbocycles. The molecule has 0 heterocycles. The first kappa shape index (κ1) is 20.5. The zero-order valence-electron chi connectivity index (χ0n) is 16.7. The lowest BCUT2D eigenvalue weighted by atomic mass is 9.51. The Bertz CT molecular complexity index is 716. The molecular formula is C22H26O6. The standard InChI is InChI=1S/C22H26O6/c1-11(23)15-19(27)16(12(2)24)22-10-8-6-5-7-9-21(15,22)17(13(3)25)20(28)18(22)14(4)26/h5-6,15-18H,7-10H2,1-4H3/t15-,16+,17-,18+,21?,22?. The maximum absolute atomic E-state index is 13.4. The first-order valence-electron chi connectivity index (χ1n) is 9.80. The maximum atomic E-state index is 13.4. The minimum atomic E-state index is -1.31. The molecule has 2 fully saturated rings. The number of rotatable bonds is 4. The van der Waals surface area contributed by atoms with Crippen molar-refractivity contribution in [1.82, 2.24) is 0 Å². The van der Waals surface area contributed by atoms with Crippen LogP contribution in [0.15, 0.2) is 12.2 Å². The van der Waals surface area contributed by atoms with Gasteiger partial charge in [-0.2, -0.15) is 0 Å². The number of Topliss-reactive ketones (excluding diaryl/α,β-unsaturated/α-hetero) is 6. The van der Waals surface area contributed by atoms with E-state index in [2.05, 4.69) is 0 Å². The van der Waals surface area contributed by atoms with Crippen LogP contribution >= 0.6 is 0 Å². The van der Waals surface area contributed by atoms with Crippen molar-refractivity contribution in [3.63, 3.8) is 0 Å². The van der Waals surface area contributed by atoms with Gasteiger partial charge >= 0.3 is 0 Å². The monoisotopic (exact) mass is 386 g/mol. The minimum absolute atomic E-state index is 0.253. The smallest absolute Gasteiger partial charge is 0.154 e. The van der Waals surface area contributed by atoms with E-state index in [0.717, 1.165) is 0 Å². The van der Waals surface area contributed by atoms with Crippen molar-refractivity contribution in [2.75, 3.05) is 0 Å². The number of hydrogen-bond donors (Lipinski definition) is 0. The molecule has 3 rings (SSSR count). The fourth-order valence-electron chi connectivity index (χ4n) is 6.93. The largest absolute Gasteiger partial charge is 0.299 e. The van der Waals surface area contributed by atoms with Gasteiger partial charge in [-0.1, -0.05) is 12.2 Å². The van der Waals surface area contributed by atoms with Crippen LogP contribution in [0.5, 0.6) is 0 Å². The quantitative estimate of drug-likeness (QED) is 0.541. The van der Waals surface area contributed by atoms with Crippen LogP contribution in [0.4, 0.5) is 0 Å². The first-order chi connectivity index (χ1) is 13.1. The summed E-state index contributed by atoms with van der Waals surface area (Å²) >= 11 is 0. The lowest BCUT2D eigenvalue weighted by Gasteiger charge is -2.48. The van der Waals surface area contributed by atoms with Crippen LogP contribution in [-0.4, -0.2) is 34.7 Å². The molecule has 0 spiro atoms. The van der Waals surface area contributed by atoms with Gasteiger partial charge in [0.15, 0.2) is 11.6 Å². The van der Waals surface area contributed by atoms with E-state index in [1.54, 1.807) is 0 Å². The predicted octanol–water partition coefficient (Wildman–Crippen LogP) is 2.08. The Kier molecular flexibility index (Phi) is 4.89. The van der Waals surface area contributed by atoms with E-state index in [1.807, 2.05) is 12.2 Å². The van der Waals surface area contributed by atoms with Crippen LogP contribution in [0.1, 0.15) is 53.4 Å². The summed E-state index contributed by atoms with van der Waals surface area (Å²) in [5.74, 6) is -7.65. The van der Waals surface area contributed by atoms with Gasteiger partial charge in [-0.25, -0.2) is 0 Å². The molecule has 0 saturated heterocycles. The highest BCUT2D eigenvalue weighted by atomic mass is 16.2. The fourth-order valence-corrected chi connectivity index (χ4v) is 6.93. The highest BCUT2D eigenvalue weighted by Gasteiger charge is 2.82. The Labute approximate surface area is 164 Å². The van der Waals surface area contributed by atoms with E-state index in [-0.39, 0.29) is 12.8 Å². The molecule has 0 radical (unpaired) electrons. The molecule has 4 atom stereocenters. The second-order valence-corrected chi connectivity index (χ2v) is 8.61. The Morgan fingerprint density at radius 3 is 1.11 bits per heavy atom.